The number of imidazole rings is 1. The normalized spacial score (nSPS) is 28.1. The van der Waals surface area contributed by atoms with Gasteiger partial charge in [-0.05, 0) is 26.0 Å². The molecule has 2 aliphatic heterocycles. The SMILES string of the molecule is CC1(C)O[C@@H]2[C@@H](O1)[C@@H](CSc1ccccc1F)O[C@H]2n1cnc2c(Cl)ncnc21. The summed E-state index contributed by atoms with van der Waals surface area (Å²) in [7, 11) is 0. The summed E-state index contributed by atoms with van der Waals surface area (Å²) in [6.07, 6.45) is 1.55. The average molecular weight is 437 g/mol. The standard InChI is InChI=1S/C19H18ClFN4O3S/c1-19(2)27-14-11(7-29-12-6-4-3-5-10(12)21)26-18(15(14)28-19)25-9-24-13-16(20)22-8-23-17(13)25/h3-6,8-9,11,14-15,18H,7H2,1-2H3/t11-,14+,15-,18-/m1/s1. The van der Waals surface area contributed by atoms with Gasteiger partial charge in [0.05, 0.1) is 12.4 Å². The van der Waals surface area contributed by atoms with Crippen LogP contribution in [0.4, 0.5) is 4.39 Å². The maximum Gasteiger partial charge on any atom is 0.167 e. The maximum atomic E-state index is 14.0. The largest absolute Gasteiger partial charge is 0.348 e. The van der Waals surface area contributed by atoms with E-state index in [1.54, 1.807) is 23.0 Å². The molecule has 29 heavy (non-hydrogen) atoms. The molecule has 0 unspecified atom stereocenters. The van der Waals surface area contributed by atoms with E-state index in [2.05, 4.69) is 15.0 Å². The highest BCUT2D eigenvalue weighted by Crippen LogP contribution is 2.45. The second-order valence-corrected chi connectivity index (χ2v) is 8.78. The Bertz CT molecular complexity index is 1060. The number of benzene rings is 1. The topological polar surface area (TPSA) is 71.3 Å². The van der Waals surface area contributed by atoms with Crippen molar-refractivity contribution >= 4 is 34.5 Å². The van der Waals surface area contributed by atoms with Crippen molar-refractivity contribution < 1.29 is 18.6 Å². The smallest absolute Gasteiger partial charge is 0.167 e. The first kappa shape index (κ1) is 19.2. The Morgan fingerprint density at radius 1 is 1.17 bits per heavy atom. The van der Waals surface area contributed by atoms with Crippen LogP contribution in [0.5, 0.6) is 0 Å². The second kappa shape index (κ2) is 7.17. The minimum atomic E-state index is -0.749. The van der Waals surface area contributed by atoms with E-state index in [0.29, 0.717) is 21.8 Å². The van der Waals surface area contributed by atoms with Gasteiger partial charge in [0.15, 0.2) is 22.8 Å². The molecule has 1 aromatic carbocycles. The molecule has 0 aliphatic carbocycles. The van der Waals surface area contributed by atoms with Crippen LogP contribution in [-0.2, 0) is 14.2 Å². The lowest BCUT2D eigenvalue weighted by molar-refractivity contribution is -0.193. The molecule has 5 rings (SSSR count). The second-order valence-electron chi connectivity index (χ2n) is 7.36. The van der Waals surface area contributed by atoms with Crippen molar-refractivity contribution in [2.45, 2.75) is 49.1 Å². The van der Waals surface area contributed by atoms with Crippen LogP contribution in [0.1, 0.15) is 20.1 Å². The number of thioether (sulfide) groups is 1. The molecule has 4 heterocycles. The van der Waals surface area contributed by atoms with Gasteiger partial charge in [0.2, 0.25) is 0 Å². The molecule has 152 valence electrons. The number of hydrogen-bond donors (Lipinski definition) is 0. The molecule has 2 fully saturated rings. The van der Waals surface area contributed by atoms with Crippen LogP contribution in [0.15, 0.2) is 41.8 Å². The molecule has 4 atom stereocenters. The van der Waals surface area contributed by atoms with Crippen molar-refractivity contribution in [2.75, 3.05) is 5.75 Å². The van der Waals surface area contributed by atoms with E-state index in [4.69, 9.17) is 25.8 Å². The number of ether oxygens (including phenoxy) is 3. The van der Waals surface area contributed by atoms with Gasteiger partial charge in [0.25, 0.3) is 0 Å². The molecule has 0 spiro atoms. The Balaban J connectivity index is 1.44. The number of nitrogens with zero attached hydrogens (tertiary/aromatic N) is 4. The molecule has 0 bridgehead atoms. The third-order valence-electron chi connectivity index (χ3n) is 4.95. The van der Waals surface area contributed by atoms with E-state index in [0.717, 1.165) is 0 Å². The molecule has 2 aromatic heterocycles. The molecule has 3 aromatic rings. The fourth-order valence-electron chi connectivity index (χ4n) is 3.76. The minimum Gasteiger partial charge on any atom is -0.348 e. The van der Waals surface area contributed by atoms with Gasteiger partial charge in [-0.1, -0.05) is 23.7 Å². The summed E-state index contributed by atoms with van der Waals surface area (Å²) < 4.78 is 34.4. The van der Waals surface area contributed by atoms with E-state index in [1.807, 2.05) is 19.9 Å². The third kappa shape index (κ3) is 3.40. The average Bonchev–Trinajstić information content (AvgIpc) is 3.33. The molecule has 0 radical (unpaired) electrons. The molecule has 0 N–H and O–H groups in total. The van der Waals surface area contributed by atoms with Gasteiger partial charge in [-0.2, -0.15) is 0 Å². The van der Waals surface area contributed by atoms with Crippen molar-refractivity contribution in [3.63, 3.8) is 0 Å². The predicted octanol–water partition coefficient (Wildman–Crippen LogP) is 3.83. The van der Waals surface area contributed by atoms with E-state index in [1.165, 1.54) is 24.2 Å². The fourth-order valence-corrected chi connectivity index (χ4v) is 4.93. The van der Waals surface area contributed by atoms with Crippen LogP contribution >= 0.6 is 23.4 Å². The van der Waals surface area contributed by atoms with Gasteiger partial charge >= 0.3 is 0 Å². The third-order valence-corrected chi connectivity index (χ3v) is 6.37. The maximum absolute atomic E-state index is 14.0. The van der Waals surface area contributed by atoms with Crippen LogP contribution in [0.3, 0.4) is 0 Å². The first-order chi connectivity index (χ1) is 13.9. The zero-order valence-corrected chi connectivity index (χ0v) is 17.2. The number of rotatable bonds is 4. The number of aromatic nitrogens is 4. The van der Waals surface area contributed by atoms with Gasteiger partial charge in [0, 0.05) is 10.6 Å². The molecule has 0 amide bonds. The van der Waals surface area contributed by atoms with Crippen molar-refractivity contribution in [3.05, 3.63) is 47.9 Å². The summed E-state index contributed by atoms with van der Waals surface area (Å²) in [6, 6.07) is 6.68. The predicted molar refractivity (Wildman–Crippen MR) is 105 cm³/mol. The molecule has 2 aliphatic rings. The van der Waals surface area contributed by atoms with Gasteiger partial charge in [-0.15, -0.1) is 11.8 Å². The van der Waals surface area contributed by atoms with Crippen molar-refractivity contribution in [2.24, 2.45) is 0 Å². The summed E-state index contributed by atoms with van der Waals surface area (Å²) >= 11 is 7.52. The first-order valence-corrected chi connectivity index (χ1v) is 10.5. The van der Waals surface area contributed by atoms with E-state index in [-0.39, 0.29) is 29.3 Å². The van der Waals surface area contributed by atoms with Crippen LogP contribution in [0.2, 0.25) is 5.15 Å². The number of halogens is 2. The summed E-state index contributed by atoms with van der Waals surface area (Å²) in [5.74, 6) is -0.485. The molecule has 10 heteroatoms. The Morgan fingerprint density at radius 3 is 2.79 bits per heavy atom. The molecule has 0 saturated carbocycles. The molecule has 7 nitrogen and oxygen atoms in total. The van der Waals surface area contributed by atoms with Crippen LogP contribution in [0, 0.1) is 5.82 Å². The van der Waals surface area contributed by atoms with Crippen molar-refractivity contribution in [1.29, 1.82) is 0 Å². The fraction of sp³-hybridized carbons (Fsp3) is 0.421. The van der Waals surface area contributed by atoms with E-state index in [9.17, 15) is 4.39 Å². The quantitative estimate of drug-likeness (QED) is 0.454. The Hall–Kier alpha value is -1.78. The Labute approximate surface area is 175 Å². The van der Waals surface area contributed by atoms with Gasteiger partial charge in [0.1, 0.15) is 29.9 Å². The highest BCUT2D eigenvalue weighted by Gasteiger charge is 2.56. The highest BCUT2D eigenvalue weighted by atomic mass is 35.5. The van der Waals surface area contributed by atoms with Crippen LogP contribution < -0.4 is 0 Å². The van der Waals surface area contributed by atoms with Crippen molar-refractivity contribution in [1.82, 2.24) is 19.5 Å². The first-order valence-electron chi connectivity index (χ1n) is 9.14. The summed E-state index contributed by atoms with van der Waals surface area (Å²) in [4.78, 5) is 13.2. The Kier molecular flexibility index (Phi) is 4.75. The lowest BCUT2D eigenvalue weighted by Gasteiger charge is -2.24. The van der Waals surface area contributed by atoms with Gasteiger partial charge in [-0.25, -0.2) is 19.3 Å². The van der Waals surface area contributed by atoms with Crippen LogP contribution in [0.25, 0.3) is 11.2 Å². The summed E-state index contributed by atoms with van der Waals surface area (Å²) in [5.41, 5.74) is 1.06. The summed E-state index contributed by atoms with van der Waals surface area (Å²) in [6.45, 7) is 3.74. The summed E-state index contributed by atoms with van der Waals surface area (Å²) in [5, 5.41) is 0.277. The highest BCUT2D eigenvalue weighted by molar-refractivity contribution is 7.99. The van der Waals surface area contributed by atoms with Crippen molar-refractivity contribution in [3.8, 4) is 0 Å². The lowest BCUT2D eigenvalue weighted by atomic mass is 10.1. The van der Waals surface area contributed by atoms with Gasteiger partial charge in [-0.3, -0.25) is 4.57 Å². The van der Waals surface area contributed by atoms with E-state index < -0.39 is 12.0 Å². The monoisotopic (exact) mass is 436 g/mol. The van der Waals surface area contributed by atoms with Crippen LogP contribution in [-0.4, -0.2) is 49.4 Å². The molecule has 2 saturated heterocycles. The number of hydrogen-bond acceptors (Lipinski definition) is 7. The van der Waals surface area contributed by atoms with Gasteiger partial charge < -0.3 is 14.2 Å². The van der Waals surface area contributed by atoms with E-state index >= 15 is 0 Å². The zero-order chi connectivity index (χ0) is 20.2. The molecular formula is C19H18ClFN4O3S. The molecular weight excluding hydrogens is 419 g/mol. The Morgan fingerprint density at radius 2 is 1.97 bits per heavy atom. The zero-order valence-electron chi connectivity index (χ0n) is 15.7. The minimum absolute atomic E-state index is 0.250. The number of fused-ring (bicyclic) bond motifs is 2. The lowest BCUT2D eigenvalue weighted by Crippen LogP contribution is -2.31.